The van der Waals surface area contributed by atoms with Crippen LogP contribution in [0.3, 0.4) is 0 Å². The van der Waals surface area contributed by atoms with Gasteiger partial charge < -0.3 is 19.9 Å². The molecular weight excluding hydrogens is 306 g/mol. The van der Waals surface area contributed by atoms with E-state index < -0.39 is 18.3 Å². The van der Waals surface area contributed by atoms with Gasteiger partial charge in [0.2, 0.25) is 5.91 Å². The number of ether oxygens (including phenoxy) is 2. The molecule has 7 heteroatoms. The summed E-state index contributed by atoms with van der Waals surface area (Å²) in [4.78, 5) is 22.3. The molecular formula is C15H17NO5S. The van der Waals surface area contributed by atoms with E-state index in [0.29, 0.717) is 16.5 Å². The smallest absolute Gasteiger partial charge is 0.312 e. The summed E-state index contributed by atoms with van der Waals surface area (Å²) in [6.07, 6.45) is -0.669. The van der Waals surface area contributed by atoms with Gasteiger partial charge >= 0.3 is 5.97 Å². The Morgan fingerprint density at radius 1 is 1.36 bits per heavy atom. The van der Waals surface area contributed by atoms with Crippen LogP contribution in [0.4, 0.5) is 5.00 Å². The average molecular weight is 323 g/mol. The molecule has 1 amide bonds. The quantitative estimate of drug-likeness (QED) is 0.798. The fraction of sp³-hybridized carbons (Fsp3) is 0.333. The normalized spacial score (nSPS) is 10.7. The van der Waals surface area contributed by atoms with Crippen molar-refractivity contribution < 1.29 is 24.2 Å². The topological polar surface area (TPSA) is 84.9 Å². The Balaban J connectivity index is 2.43. The van der Waals surface area contributed by atoms with Gasteiger partial charge in [0.05, 0.1) is 13.2 Å². The second-order valence-corrected chi connectivity index (χ2v) is 5.96. The summed E-state index contributed by atoms with van der Waals surface area (Å²) in [6, 6.07) is 5.52. The number of amides is 1. The van der Waals surface area contributed by atoms with Gasteiger partial charge in [0, 0.05) is 10.1 Å². The second-order valence-electron chi connectivity index (χ2n) is 4.91. The van der Waals surface area contributed by atoms with E-state index in [1.54, 1.807) is 7.11 Å². The third kappa shape index (κ3) is 3.67. The first-order valence-corrected chi connectivity index (χ1v) is 7.51. The largest absolute Gasteiger partial charge is 0.497 e. The number of rotatable bonds is 6. The zero-order valence-corrected chi connectivity index (χ0v) is 13.3. The van der Waals surface area contributed by atoms with Crippen molar-refractivity contribution in [1.29, 1.82) is 0 Å². The van der Waals surface area contributed by atoms with Crippen molar-refractivity contribution in [1.82, 2.24) is 0 Å². The molecule has 0 aliphatic heterocycles. The maximum Gasteiger partial charge on any atom is 0.312 e. The Morgan fingerprint density at radius 2 is 2.09 bits per heavy atom. The molecule has 0 atom stereocenters. The molecule has 2 N–H and O–H groups in total. The predicted molar refractivity (Wildman–Crippen MR) is 85.0 cm³/mol. The average Bonchev–Trinajstić information content (AvgIpc) is 2.74. The summed E-state index contributed by atoms with van der Waals surface area (Å²) in [5.74, 6) is -0.541. The summed E-state index contributed by atoms with van der Waals surface area (Å²) in [6.45, 7) is 3.76. The Morgan fingerprint density at radius 3 is 2.68 bits per heavy atom. The van der Waals surface area contributed by atoms with E-state index in [9.17, 15) is 9.59 Å². The van der Waals surface area contributed by atoms with Crippen LogP contribution >= 0.6 is 11.3 Å². The van der Waals surface area contributed by atoms with Crippen LogP contribution in [0.5, 0.6) is 11.5 Å². The highest BCUT2D eigenvalue weighted by Gasteiger charge is 2.18. The van der Waals surface area contributed by atoms with Crippen molar-refractivity contribution in [2.45, 2.75) is 26.4 Å². The minimum Gasteiger partial charge on any atom is -0.497 e. The van der Waals surface area contributed by atoms with Crippen molar-refractivity contribution in [3.63, 3.8) is 0 Å². The molecule has 0 bridgehead atoms. The van der Waals surface area contributed by atoms with Gasteiger partial charge in [-0.25, -0.2) is 0 Å². The molecule has 0 saturated heterocycles. The molecule has 2 rings (SSSR count). The number of aliphatic carboxylic acids is 1. The molecule has 1 aromatic carbocycles. The number of methoxy groups -OCH3 is 1. The third-order valence-electron chi connectivity index (χ3n) is 2.77. The molecule has 0 saturated carbocycles. The number of carboxylic acids is 1. The highest BCUT2D eigenvalue weighted by atomic mass is 32.1. The monoisotopic (exact) mass is 323 g/mol. The number of nitrogens with one attached hydrogen (secondary N) is 1. The summed E-state index contributed by atoms with van der Waals surface area (Å²) in [7, 11) is 1.58. The van der Waals surface area contributed by atoms with E-state index in [1.807, 2.05) is 32.0 Å². The number of thiophene rings is 1. The van der Waals surface area contributed by atoms with Crippen molar-refractivity contribution in [2.75, 3.05) is 12.4 Å². The maximum absolute atomic E-state index is 11.7. The van der Waals surface area contributed by atoms with Crippen LogP contribution in [0.1, 0.15) is 20.3 Å². The third-order valence-corrected chi connectivity index (χ3v) is 3.84. The molecule has 0 radical (unpaired) electrons. The van der Waals surface area contributed by atoms with E-state index in [0.717, 1.165) is 10.1 Å². The first kappa shape index (κ1) is 16.1. The molecule has 0 spiro atoms. The molecule has 0 aliphatic rings. The van der Waals surface area contributed by atoms with Crippen molar-refractivity contribution >= 4 is 38.3 Å². The van der Waals surface area contributed by atoms with Crippen molar-refractivity contribution in [3.05, 3.63) is 18.2 Å². The Bertz CT molecular complexity index is 707. The van der Waals surface area contributed by atoms with E-state index in [1.165, 1.54) is 11.3 Å². The lowest BCUT2D eigenvalue weighted by atomic mass is 10.2. The zero-order valence-electron chi connectivity index (χ0n) is 12.5. The number of hydrogen-bond donors (Lipinski definition) is 2. The van der Waals surface area contributed by atoms with Gasteiger partial charge in [0.1, 0.15) is 17.2 Å². The molecule has 22 heavy (non-hydrogen) atoms. The highest BCUT2D eigenvalue weighted by Crippen LogP contribution is 2.44. The van der Waals surface area contributed by atoms with Gasteiger partial charge in [0.15, 0.2) is 5.75 Å². The molecule has 2 aromatic rings. The van der Waals surface area contributed by atoms with E-state index in [-0.39, 0.29) is 6.10 Å². The molecule has 0 unspecified atom stereocenters. The lowest BCUT2D eigenvalue weighted by Crippen LogP contribution is -2.16. The predicted octanol–water partition coefficient (Wildman–Crippen LogP) is 3.11. The Hall–Kier alpha value is -2.28. The minimum atomic E-state index is -1.17. The van der Waals surface area contributed by atoms with Gasteiger partial charge in [-0.3, -0.25) is 9.59 Å². The lowest BCUT2D eigenvalue weighted by molar-refractivity contribution is -0.139. The first-order valence-electron chi connectivity index (χ1n) is 6.69. The van der Waals surface area contributed by atoms with Crippen LogP contribution in [0.25, 0.3) is 10.1 Å². The van der Waals surface area contributed by atoms with Gasteiger partial charge in [-0.15, -0.1) is 11.3 Å². The number of hydrogen-bond acceptors (Lipinski definition) is 5. The van der Waals surface area contributed by atoms with Gasteiger partial charge in [0.25, 0.3) is 0 Å². The van der Waals surface area contributed by atoms with E-state index in [2.05, 4.69) is 5.32 Å². The van der Waals surface area contributed by atoms with E-state index in [4.69, 9.17) is 14.6 Å². The lowest BCUT2D eigenvalue weighted by Gasteiger charge is -2.12. The van der Waals surface area contributed by atoms with Crippen LogP contribution in [-0.2, 0) is 9.59 Å². The van der Waals surface area contributed by atoms with Crippen LogP contribution in [0.15, 0.2) is 18.2 Å². The molecule has 0 aliphatic carbocycles. The van der Waals surface area contributed by atoms with Gasteiger partial charge in [-0.2, -0.15) is 0 Å². The van der Waals surface area contributed by atoms with Crippen molar-refractivity contribution in [2.24, 2.45) is 0 Å². The Labute approximate surface area is 131 Å². The standard InChI is InChI=1S/C15H17NO5S/c1-8(2)21-14-10-6-9(20-3)4-5-11(10)22-15(14)16-12(17)7-13(18)19/h4-6,8H,7H2,1-3H3,(H,16,17)(H,18,19). The first-order chi connectivity index (χ1) is 10.4. The molecule has 0 fully saturated rings. The van der Waals surface area contributed by atoms with Crippen molar-refractivity contribution in [3.8, 4) is 11.5 Å². The summed E-state index contributed by atoms with van der Waals surface area (Å²) < 4.78 is 11.9. The molecule has 1 aromatic heterocycles. The number of carboxylic acid groups (broad SMARTS) is 1. The molecule has 118 valence electrons. The van der Waals surface area contributed by atoms with Crippen LogP contribution in [0.2, 0.25) is 0 Å². The number of benzene rings is 1. The molecule has 6 nitrogen and oxygen atoms in total. The number of anilines is 1. The van der Waals surface area contributed by atoms with Gasteiger partial charge in [-0.1, -0.05) is 0 Å². The zero-order chi connectivity index (χ0) is 16.3. The van der Waals surface area contributed by atoms with Gasteiger partial charge in [-0.05, 0) is 32.0 Å². The SMILES string of the molecule is COc1ccc2sc(NC(=O)CC(=O)O)c(OC(C)C)c2c1. The minimum absolute atomic E-state index is 0.0841. The number of fused-ring (bicyclic) bond motifs is 1. The van der Waals surface area contributed by atoms with Crippen LogP contribution in [0, 0.1) is 0 Å². The summed E-state index contributed by atoms with van der Waals surface area (Å²) >= 11 is 1.34. The van der Waals surface area contributed by atoms with Crippen LogP contribution < -0.4 is 14.8 Å². The Kier molecular flexibility index (Phi) is 4.87. The summed E-state index contributed by atoms with van der Waals surface area (Å²) in [5.41, 5.74) is 0. The fourth-order valence-electron chi connectivity index (χ4n) is 1.92. The molecule has 1 heterocycles. The van der Waals surface area contributed by atoms with E-state index >= 15 is 0 Å². The number of carbonyl (C=O) groups excluding carboxylic acids is 1. The fourth-order valence-corrected chi connectivity index (χ4v) is 2.96. The summed E-state index contributed by atoms with van der Waals surface area (Å²) in [5, 5.41) is 12.6. The highest BCUT2D eigenvalue weighted by molar-refractivity contribution is 7.23. The maximum atomic E-state index is 11.7. The van der Waals surface area contributed by atoms with Crippen LogP contribution in [-0.4, -0.2) is 30.2 Å². The number of carbonyl (C=O) groups is 2. The second kappa shape index (κ2) is 6.65.